The minimum Gasteiger partial charge on any atom is -0.383 e. The second-order valence-corrected chi connectivity index (χ2v) is 4.49. The van der Waals surface area contributed by atoms with Crippen molar-refractivity contribution in [1.82, 2.24) is 4.98 Å². The fourth-order valence-electron chi connectivity index (χ4n) is 2.56. The molecule has 5 heteroatoms. The molecule has 1 aromatic rings. The number of aromatic nitrogens is 1. The van der Waals surface area contributed by atoms with Crippen LogP contribution in [0, 0.1) is 0 Å². The molecule has 0 amide bonds. The first-order chi connectivity index (χ1) is 8.00. The number of rotatable bonds is 1. The number of nitrogen functional groups attached to an aromatic ring is 1. The molecule has 0 spiro atoms. The third kappa shape index (κ3) is 2.53. The van der Waals surface area contributed by atoms with Crippen molar-refractivity contribution in [2.45, 2.75) is 44.2 Å². The second kappa shape index (κ2) is 4.55. The molecule has 94 valence electrons. The Balaban J connectivity index is 2.43. The van der Waals surface area contributed by atoms with Crippen molar-refractivity contribution in [3.63, 3.8) is 0 Å². The first-order valence-electron chi connectivity index (χ1n) is 5.81. The third-order valence-corrected chi connectivity index (χ3v) is 3.34. The molecule has 1 aromatic heterocycles. The van der Waals surface area contributed by atoms with Gasteiger partial charge in [-0.05, 0) is 24.8 Å². The Labute approximate surface area is 98.0 Å². The summed E-state index contributed by atoms with van der Waals surface area (Å²) in [6.45, 7) is 0. The summed E-state index contributed by atoms with van der Waals surface area (Å²) in [6, 6.07) is 1.03. The van der Waals surface area contributed by atoms with Gasteiger partial charge in [0.1, 0.15) is 5.82 Å². The Kier molecular flexibility index (Phi) is 3.26. The number of anilines is 1. The number of halogens is 3. The Morgan fingerprint density at radius 1 is 1.18 bits per heavy atom. The van der Waals surface area contributed by atoms with Crippen molar-refractivity contribution in [2.24, 2.45) is 0 Å². The summed E-state index contributed by atoms with van der Waals surface area (Å²) >= 11 is 0. The van der Waals surface area contributed by atoms with E-state index in [1.54, 1.807) is 0 Å². The highest BCUT2D eigenvalue weighted by molar-refractivity contribution is 5.48. The van der Waals surface area contributed by atoms with Crippen LogP contribution in [0.25, 0.3) is 0 Å². The van der Waals surface area contributed by atoms with E-state index in [9.17, 15) is 13.2 Å². The Hall–Kier alpha value is -1.26. The van der Waals surface area contributed by atoms with Gasteiger partial charge in [0.05, 0.1) is 5.56 Å². The third-order valence-electron chi connectivity index (χ3n) is 3.34. The zero-order chi connectivity index (χ0) is 12.5. The van der Waals surface area contributed by atoms with Gasteiger partial charge in [0, 0.05) is 11.8 Å². The van der Waals surface area contributed by atoms with E-state index >= 15 is 0 Å². The largest absolute Gasteiger partial charge is 0.416 e. The van der Waals surface area contributed by atoms with Gasteiger partial charge in [0.2, 0.25) is 0 Å². The van der Waals surface area contributed by atoms with E-state index in [1.165, 1.54) is 0 Å². The highest BCUT2D eigenvalue weighted by Crippen LogP contribution is 2.42. The van der Waals surface area contributed by atoms with Gasteiger partial charge in [-0.15, -0.1) is 0 Å². The van der Waals surface area contributed by atoms with Crippen molar-refractivity contribution in [1.29, 1.82) is 0 Å². The van der Waals surface area contributed by atoms with Gasteiger partial charge in [0.15, 0.2) is 0 Å². The molecule has 0 unspecified atom stereocenters. The van der Waals surface area contributed by atoms with Gasteiger partial charge < -0.3 is 5.73 Å². The summed E-state index contributed by atoms with van der Waals surface area (Å²) < 4.78 is 38.7. The monoisotopic (exact) mass is 244 g/mol. The molecule has 0 saturated heterocycles. The fourth-order valence-corrected chi connectivity index (χ4v) is 2.56. The molecule has 0 aromatic carbocycles. The first kappa shape index (κ1) is 12.2. The van der Waals surface area contributed by atoms with Crippen LogP contribution < -0.4 is 5.73 Å². The quantitative estimate of drug-likeness (QED) is 0.817. The van der Waals surface area contributed by atoms with Crippen LogP contribution in [0.5, 0.6) is 0 Å². The fraction of sp³-hybridized carbons (Fsp3) is 0.583. The van der Waals surface area contributed by atoms with E-state index in [0.29, 0.717) is 0 Å². The average molecular weight is 244 g/mol. The summed E-state index contributed by atoms with van der Waals surface area (Å²) in [5.41, 5.74) is 5.23. The lowest BCUT2D eigenvalue weighted by atomic mass is 9.82. The van der Waals surface area contributed by atoms with Crippen LogP contribution in [-0.4, -0.2) is 4.98 Å². The smallest absolute Gasteiger partial charge is 0.383 e. The SMILES string of the molecule is Nc1nccc(C(F)(F)F)c1C1CCCCC1. The molecule has 1 saturated carbocycles. The van der Waals surface area contributed by atoms with Crippen LogP contribution in [0.4, 0.5) is 19.0 Å². The molecule has 2 N–H and O–H groups in total. The Morgan fingerprint density at radius 3 is 2.41 bits per heavy atom. The Morgan fingerprint density at radius 2 is 1.82 bits per heavy atom. The molecule has 17 heavy (non-hydrogen) atoms. The van der Waals surface area contributed by atoms with Crippen LogP contribution in [0.1, 0.15) is 49.1 Å². The van der Waals surface area contributed by atoms with Gasteiger partial charge in [0.25, 0.3) is 0 Å². The van der Waals surface area contributed by atoms with E-state index in [1.807, 2.05) is 0 Å². The summed E-state index contributed by atoms with van der Waals surface area (Å²) in [5, 5.41) is 0. The standard InChI is InChI=1S/C12H15F3N2/c13-12(14,15)9-6-7-17-11(16)10(9)8-4-2-1-3-5-8/h6-8H,1-5H2,(H2,16,17). The van der Waals surface area contributed by atoms with E-state index in [4.69, 9.17) is 5.73 Å². The van der Waals surface area contributed by atoms with E-state index < -0.39 is 11.7 Å². The zero-order valence-corrected chi connectivity index (χ0v) is 9.43. The maximum absolute atomic E-state index is 12.9. The summed E-state index contributed by atoms with van der Waals surface area (Å²) in [7, 11) is 0. The maximum atomic E-state index is 12.9. The number of nitrogens with zero attached hydrogens (tertiary/aromatic N) is 1. The van der Waals surface area contributed by atoms with Gasteiger partial charge in [-0.1, -0.05) is 19.3 Å². The highest BCUT2D eigenvalue weighted by Gasteiger charge is 2.36. The van der Waals surface area contributed by atoms with Crippen LogP contribution >= 0.6 is 0 Å². The lowest BCUT2D eigenvalue weighted by Gasteiger charge is -2.25. The average Bonchev–Trinajstić information content (AvgIpc) is 2.28. The van der Waals surface area contributed by atoms with Gasteiger partial charge in [-0.2, -0.15) is 13.2 Å². The maximum Gasteiger partial charge on any atom is 0.416 e. The molecule has 2 nitrogen and oxygen atoms in total. The number of hydrogen-bond acceptors (Lipinski definition) is 2. The number of hydrogen-bond donors (Lipinski definition) is 1. The van der Waals surface area contributed by atoms with E-state index in [-0.39, 0.29) is 17.3 Å². The van der Waals surface area contributed by atoms with Crippen molar-refractivity contribution in [2.75, 3.05) is 5.73 Å². The molecular formula is C12H15F3N2. The van der Waals surface area contributed by atoms with Gasteiger partial charge in [-0.25, -0.2) is 4.98 Å². The van der Waals surface area contributed by atoms with Crippen LogP contribution in [0.2, 0.25) is 0 Å². The van der Waals surface area contributed by atoms with E-state index in [2.05, 4.69) is 4.98 Å². The molecule has 0 atom stereocenters. The van der Waals surface area contributed by atoms with Crippen LogP contribution in [-0.2, 0) is 6.18 Å². The van der Waals surface area contributed by atoms with Gasteiger partial charge >= 0.3 is 6.18 Å². The number of pyridine rings is 1. The minimum absolute atomic E-state index is 0.0340. The first-order valence-corrected chi connectivity index (χ1v) is 5.81. The molecule has 0 bridgehead atoms. The van der Waals surface area contributed by atoms with Crippen molar-refractivity contribution < 1.29 is 13.2 Å². The summed E-state index contributed by atoms with van der Waals surface area (Å²) in [5.74, 6) is -0.0548. The lowest BCUT2D eigenvalue weighted by Crippen LogP contribution is -2.17. The molecule has 0 aliphatic heterocycles. The van der Waals surface area contributed by atoms with Crippen molar-refractivity contribution in [3.8, 4) is 0 Å². The lowest BCUT2D eigenvalue weighted by molar-refractivity contribution is -0.138. The summed E-state index contributed by atoms with van der Waals surface area (Å²) in [6.07, 6.45) is 1.37. The predicted octanol–water partition coefficient (Wildman–Crippen LogP) is 3.73. The molecule has 2 rings (SSSR count). The summed E-state index contributed by atoms with van der Waals surface area (Å²) in [4.78, 5) is 3.81. The molecule has 1 heterocycles. The van der Waals surface area contributed by atoms with E-state index in [0.717, 1.165) is 44.4 Å². The normalized spacial score (nSPS) is 18.3. The second-order valence-electron chi connectivity index (χ2n) is 4.49. The zero-order valence-electron chi connectivity index (χ0n) is 9.43. The van der Waals surface area contributed by atoms with Crippen LogP contribution in [0.15, 0.2) is 12.3 Å². The van der Waals surface area contributed by atoms with Crippen LogP contribution in [0.3, 0.4) is 0 Å². The molecular weight excluding hydrogens is 229 g/mol. The molecule has 1 aliphatic carbocycles. The Bertz CT molecular complexity index is 395. The molecule has 0 radical (unpaired) electrons. The predicted molar refractivity (Wildman–Crippen MR) is 59.5 cm³/mol. The number of alkyl halides is 3. The topological polar surface area (TPSA) is 38.9 Å². The van der Waals surface area contributed by atoms with Crippen molar-refractivity contribution >= 4 is 5.82 Å². The number of nitrogens with two attached hydrogens (primary N) is 1. The highest BCUT2D eigenvalue weighted by atomic mass is 19.4. The van der Waals surface area contributed by atoms with Gasteiger partial charge in [-0.3, -0.25) is 0 Å². The van der Waals surface area contributed by atoms with Crippen molar-refractivity contribution in [3.05, 3.63) is 23.4 Å². The molecule has 1 fully saturated rings. The minimum atomic E-state index is -4.34. The molecule has 1 aliphatic rings.